The fourth-order valence-corrected chi connectivity index (χ4v) is 4.13. The number of nitro groups is 1. The Morgan fingerprint density at radius 3 is 2.61 bits per heavy atom. The fraction of sp³-hybridized carbons (Fsp3) is 0.143. The first-order valence-electron chi connectivity index (χ1n) is 9.13. The van der Waals surface area contributed by atoms with Crippen LogP contribution in [0.5, 0.6) is 17.2 Å². The zero-order valence-corrected chi connectivity index (χ0v) is 19.4. The SMILES string of the molecule is COc1ccc(Cn2nc(I)c3c(Oc4cc(Cl)c([N+](=O)[O-])cc4C)ccnc32)cc1. The highest BCUT2D eigenvalue weighted by Crippen LogP contribution is 2.37. The van der Waals surface area contributed by atoms with Crippen molar-refractivity contribution in [1.82, 2.24) is 14.8 Å². The molecule has 0 radical (unpaired) electrons. The summed E-state index contributed by atoms with van der Waals surface area (Å²) in [5.74, 6) is 1.76. The summed E-state index contributed by atoms with van der Waals surface area (Å²) in [5, 5.41) is 16.5. The molecule has 10 heteroatoms. The topological polar surface area (TPSA) is 92.3 Å². The molecule has 31 heavy (non-hydrogen) atoms. The number of aryl methyl sites for hydroxylation is 1. The van der Waals surface area contributed by atoms with Gasteiger partial charge in [0.1, 0.15) is 26.0 Å². The van der Waals surface area contributed by atoms with Crippen LogP contribution in [0, 0.1) is 20.7 Å². The molecule has 0 aliphatic carbocycles. The first-order chi connectivity index (χ1) is 14.9. The van der Waals surface area contributed by atoms with Crippen LogP contribution in [0.25, 0.3) is 11.0 Å². The lowest BCUT2D eigenvalue weighted by atomic mass is 10.2. The van der Waals surface area contributed by atoms with E-state index >= 15 is 0 Å². The van der Waals surface area contributed by atoms with Gasteiger partial charge < -0.3 is 9.47 Å². The molecule has 0 saturated heterocycles. The molecule has 8 nitrogen and oxygen atoms in total. The maximum Gasteiger partial charge on any atom is 0.288 e. The Kier molecular flexibility index (Phi) is 5.96. The molecule has 0 aliphatic rings. The van der Waals surface area contributed by atoms with E-state index in [1.54, 1.807) is 31.0 Å². The predicted octanol–water partition coefficient (Wildman–Crippen LogP) is 5.76. The first-order valence-corrected chi connectivity index (χ1v) is 10.6. The van der Waals surface area contributed by atoms with Gasteiger partial charge in [-0.3, -0.25) is 10.1 Å². The molecule has 0 fully saturated rings. The highest BCUT2D eigenvalue weighted by molar-refractivity contribution is 14.1. The monoisotopic (exact) mass is 550 g/mol. The molecule has 0 unspecified atom stereocenters. The van der Waals surface area contributed by atoms with E-state index in [0.717, 1.165) is 20.4 Å². The minimum Gasteiger partial charge on any atom is -0.497 e. The van der Waals surface area contributed by atoms with E-state index in [4.69, 9.17) is 21.1 Å². The van der Waals surface area contributed by atoms with Gasteiger partial charge in [0.15, 0.2) is 5.65 Å². The van der Waals surface area contributed by atoms with E-state index in [-0.39, 0.29) is 10.7 Å². The van der Waals surface area contributed by atoms with Gasteiger partial charge in [0.05, 0.1) is 24.0 Å². The summed E-state index contributed by atoms with van der Waals surface area (Å²) in [6, 6.07) is 12.3. The Morgan fingerprint density at radius 1 is 1.19 bits per heavy atom. The highest BCUT2D eigenvalue weighted by atomic mass is 127. The summed E-state index contributed by atoms with van der Waals surface area (Å²) in [6.07, 6.45) is 1.64. The number of benzene rings is 2. The number of aromatic nitrogens is 3. The molecular formula is C21H16ClIN4O4. The number of pyridine rings is 1. The van der Waals surface area contributed by atoms with Crippen LogP contribution in [0.1, 0.15) is 11.1 Å². The number of fused-ring (bicyclic) bond motifs is 1. The second-order valence-electron chi connectivity index (χ2n) is 6.73. The average molecular weight is 551 g/mol. The van der Waals surface area contributed by atoms with Crippen molar-refractivity contribution in [1.29, 1.82) is 0 Å². The van der Waals surface area contributed by atoms with E-state index in [9.17, 15) is 10.1 Å². The third kappa shape index (κ3) is 4.28. The second kappa shape index (κ2) is 8.67. The quantitative estimate of drug-likeness (QED) is 0.172. The number of nitrogens with zero attached hydrogens (tertiary/aromatic N) is 4. The Morgan fingerprint density at radius 2 is 1.94 bits per heavy atom. The van der Waals surface area contributed by atoms with Crippen LogP contribution in [0.15, 0.2) is 48.7 Å². The van der Waals surface area contributed by atoms with Crippen LogP contribution in [-0.2, 0) is 6.54 Å². The number of rotatable bonds is 6. The van der Waals surface area contributed by atoms with Crippen molar-refractivity contribution in [2.45, 2.75) is 13.5 Å². The van der Waals surface area contributed by atoms with E-state index in [2.05, 4.69) is 32.7 Å². The van der Waals surface area contributed by atoms with Crippen molar-refractivity contribution >= 4 is 50.9 Å². The lowest BCUT2D eigenvalue weighted by Crippen LogP contribution is -2.03. The van der Waals surface area contributed by atoms with Crippen LogP contribution in [0.3, 0.4) is 0 Å². The molecule has 0 aliphatic heterocycles. The van der Waals surface area contributed by atoms with Gasteiger partial charge in [-0.15, -0.1) is 0 Å². The zero-order valence-electron chi connectivity index (χ0n) is 16.5. The van der Waals surface area contributed by atoms with Crippen molar-refractivity contribution in [2.75, 3.05) is 7.11 Å². The van der Waals surface area contributed by atoms with Crippen molar-refractivity contribution in [3.63, 3.8) is 0 Å². The van der Waals surface area contributed by atoms with Crippen LogP contribution in [0.2, 0.25) is 5.02 Å². The number of halogens is 2. The first kappa shape index (κ1) is 21.3. The van der Waals surface area contributed by atoms with Crippen molar-refractivity contribution < 1.29 is 14.4 Å². The maximum atomic E-state index is 11.1. The van der Waals surface area contributed by atoms with Gasteiger partial charge in [-0.2, -0.15) is 5.10 Å². The molecule has 2 aromatic carbocycles. The molecule has 0 saturated carbocycles. The lowest BCUT2D eigenvalue weighted by Gasteiger charge is -2.10. The van der Waals surface area contributed by atoms with Crippen LogP contribution in [-0.4, -0.2) is 26.8 Å². The van der Waals surface area contributed by atoms with Crippen molar-refractivity contribution in [2.24, 2.45) is 0 Å². The molecule has 2 aromatic heterocycles. The molecule has 0 atom stereocenters. The minimum atomic E-state index is -0.518. The van der Waals surface area contributed by atoms with E-state index in [0.29, 0.717) is 29.3 Å². The molecule has 158 valence electrons. The molecule has 0 N–H and O–H groups in total. The Labute approximate surface area is 196 Å². The lowest BCUT2D eigenvalue weighted by molar-refractivity contribution is -0.384. The van der Waals surface area contributed by atoms with Gasteiger partial charge in [0, 0.05) is 24.4 Å². The van der Waals surface area contributed by atoms with E-state index in [1.165, 1.54) is 12.1 Å². The second-order valence-corrected chi connectivity index (χ2v) is 8.16. The summed E-state index contributed by atoms with van der Waals surface area (Å²) in [4.78, 5) is 15.1. The number of hydrogen-bond donors (Lipinski definition) is 0. The predicted molar refractivity (Wildman–Crippen MR) is 125 cm³/mol. The van der Waals surface area contributed by atoms with E-state index < -0.39 is 4.92 Å². The number of ether oxygens (including phenoxy) is 2. The summed E-state index contributed by atoms with van der Waals surface area (Å²) >= 11 is 8.21. The van der Waals surface area contributed by atoms with Gasteiger partial charge in [-0.25, -0.2) is 9.67 Å². The van der Waals surface area contributed by atoms with Crippen LogP contribution >= 0.6 is 34.2 Å². The summed E-state index contributed by atoms with van der Waals surface area (Å²) in [7, 11) is 1.63. The molecule has 4 aromatic rings. The standard InChI is InChI=1S/C21H16ClIN4O4/c1-12-9-16(27(28)29)15(22)10-18(12)31-17-7-8-24-21-19(17)20(23)25-26(21)11-13-3-5-14(30-2)6-4-13/h3-10H,11H2,1-2H3. The normalized spacial score (nSPS) is 11.0. The highest BCUT2D eigenvalue weighted by Gasteiger charge is 2.19. The van der Waals surface area contributed by atoms with Gasteiger partial charge >= 0.3 is 0 Å². The minimum absolute atomic E-state index is 0.0146. The maximum absolute atomic E-state index is 11.1. The Balaban J connectivity index is 1.70. The van der Waals surface area contributed by atoms with Gasteiger partial charge in [0.2, 0.25) is 0 Å². The fourth-order valence-electron chi connectivity index (χ4n) is 3.14. The summed E-state index contributed by atoms with van der Waals surface area (Å²) in [6.45, 7) is 2.26. The summed E-state index contributed by atoms with van der Waals surface area (Å²) < 4.78 is 13.8. The smallest absolute Gasteiger partial charge is 0.288 e. The number of nitro benzene ring substituents is 1. The van der Waals surface area contributed by atoms with Crippen molar-refractivity contribution in [3.05, 3.63) is 78.6 Å². The number of methoxy groups -OCH3 is 1. The van der Waals surface area contributed by atoms with E-state index in [1.807, 2.05) is 24.3 Å². The Bertz CT molecular complexity index is 1290. The van der Waals surface area contributed by atoms with Gasteiger partial charge in [0.25, 0.3) is 5.69 Å². The third-order valence-corrected chi connectivity index (χ3v) is 5.76. The summed E-state index contributed by atoms with van der Waals surface area (Å²) in [5.41, 5.74) is 2.16. The molecule has 0 spiro atoms. The average Bonchev–Trinajstić information content (AvgIpc) is 3.07. The Hall–Kier alpha value is -2.92. The van der Waals surface area contributed by atoms with Crippen LogP contribution in [0.4, 0.5) is 5.69 Å². The number of hydrogen-bond acceptors (Lipinski definition) is 6. The molecule has 2 heterocycles. The van der Waals surface area contributed by atoms with Crippen LogP contribution < -0.4 is 9.47 Å². The third-order valence-electron chi connectivity index (χ3n) is 4.70. The zero-order chi connectivity index (χ0) is 22.1. The largest absolute Gasteiger partial charge is 0.497 e. The van der Waals surface area contributed by atoms with Crippen molar-refractivity contribution in [3.8, 4) is 17.2 Å². The molecule has 4 rings (SSSR count). The van der Waals surface area contributed by atoms with Gasteiger partial charge in [-0.1, -0.05) is 23.7 Å². The molecule has 0 bridgehead atoms. The molecular weight excluding hydrogens is 535 g/mol. The van der Waals surface area contributed by atoms with Gasteiger partial charge in [-0.05, 0) is 52.8 Å². The molecule has 0 amide bonds.